The van der Waals surface area contributed by atoms with Gasteiger partial charge in [-0.15, -0.1) is 0 Å². The van der Waals surface area contributed by atoms with Crippen LogP contribution in [0.4, 0.5) is 0 Å². The van der Waals surface area contributed by atoms with E-state index in [0.29, 0.717) is 11.3 Å². The minimum Gasteiger partial charge on any atom is -0.342 e. The second-order valence-electron chi connectivity index (χ2n) is 6.96. The molecule has 2 aromatic rings. The van der Waals surface area contributed by atoms with Gasteiger partial charge in [0.05, 0.1) is 11.0 Å². The zero-order valence-electron chi connectivity index (χ0n) is 12.9. The highest BCUT2D eigenvalue weighted by Crippen LogP contribution is 2.26. The summed E-state index contributed by atoms with van der Waals surface area (Å²) in [6.45, 7) is 11.4. The number of H-pyrrole nitrogens is 1. The fourth-order valence-corrected chi connectivity index (χ4v) is 2.87. The summed E-state index contributed by atoms with van der Waals surface area (Å²) in [4.78, 5) is 8.18. The van der Waals surface area contributed by atoms with Gasteiger partial charge in [0.15, 0.2) is 0 Å². The van der Waals surface area contributed by atoms with E-state index in [-0.39, 0.29) is 0 Å². The van der Waals surface area contributed by atoms with E-state index in [1.165, 1.54) is 17.5 Å². The number of nitrogens with one attached hydrogen (secondary N) is 1. The van der Waals surface area contributed by atoms with Crippen molar-refractivity contribution >= 4 is 11.0 Å². The third-order valence-corrected chi connectivity index (χ3v) is 3.51. The van der Waals surface area contributed by atoms with Crippen molar-refractivity contribution in [1.82, 2.24) is 9.97 Å². The number of hydrogen-bond acceptors (Lipinski definition) is 1. The Morgan fingerprint density at radius 3 is 2.63 bits per heavy atom. The standard InChI is InChI=1S/C17H26N2/c1-6-13-7-8-14-15(10-13)19-16(18-14)9-12(2)11-17(3,4)5/h7-8,10,12H,6,9,11H2,1-5H3,(H,18,19). The van der Waals surface area contributed by atoms with Crippen LogP contribution in [0.1, 0.15) is 52.4 Å². The zero-order valence-corrected chi connectivity index (χ0v) is 12.9. The second kappa shape index (κ2) is 5.36. The molecule has 0 spiro atoms. The van der Waals surface area contributed by atoms with Crippen LogP contribution in [-0.2, 0) is 12.8 Å². The Morgan fingerprint density at radius 2 is 2.00 bits per heavy atom. The predicted molar refractivity (Wildman–Crippen MR) is 82.4 cm³/mol. The van der Waals surface area contributed by atoms with Gasteiger partial charge < -0.3 is 4.98 Å². The van der Waals surface area contributed by atoms with Crippen molar-refractivity contribution < 1.29 is 0 Å². The monoisotopic (exact) mass is 258 g/mol. The zero-order chi connectivity index (χ0) is 14.0. The van der Waals surface area contributed by atoms with Crippen molar-refractivity contribution in [3.8, 4) is 0 Å². The molecule has 0 aliphatic carbocycles. The molecule has 2 heteroatoms. The summed E-state index contributed by atoms with van der Waals surface area (Å²) in [5.74, 6) is 1.78. The van der Waals surface area contributed by atoms with Gasteiger partial charge >= 0.3 is 0 Å². The van der Waals surface area contributed by atoms with Gasteiger partial charge in [-0.05, 0) is 41.9 Å². The first-order valence-electron chi connectivity index (χ1n) is 7.35. The van der Waals surface area contributed by atoms with E-state index in [9.17, 15) is 0 Å². The lowest BCUT2D eigenvalue weighted by atomic mass is 9.84. The molecule has 104 valence electrons. The van der Waals surface area contributed by atoms with Crippen molar-refractivity contribution in [1.29, 1.82) is 0 Å². The SMILES string of the molecule is CCc1ccc2nc(CC(C)CC(C)(C)C)[nH]c2c1. The van der Waals surface area contributed by atoms with Gasteiger partial charge in [-0.2, -0.15) is 0 Å². The van der Waals surface area contributed by atoms with Crippen LogP contribution in [0, 0.1) is 11.3 Å². The van der Waals surface area contributed by atoms with Crippen molar-refractivity contribution in [2.75, 3.05) is 0 Å². The van der Waals surface area contributed by atoms with Gasteiger partial charge in [0, 0.05) is 6.42 Å². The van der Waals surface area contributed by atoms with Crippen molar-refractivity contribution in [3.05, 3.63) is 29.6 Å². The van der Waals surface area contributed by atoms with E-state index in [1.54, 1.807) is 0 Å². The van der Waals surface area contributed by atoms with E-state index < -0.39 is 0 Å². The average Bonchev–Trinajstić information content (AvgIpc) is 2.66. The van der Waals surface area contributed by atoms with Crippen LogP contribution in [0.3, 0.4) is 0 Å². The Labute approximate surface area is 116 Å². The summed E-state index contributed by atoms with van der Waals surface area (Å²) in [6, 6.07) is 6.52. The molecule has 2 nitrogen and oxygen atoms in total. The molecule has 1 N–H and O–H groups in total. The average molecular weight is 258 g/mol. The first-order valence-corrected chi connectivity index (χ1v) is 7.35. The van der Waals surface area contributed by atoms with Crippen LogP contribution in [0.15, 0.2) is 18.2 Å². The van der Waals surface area contributed by atoms with Crippen molar-refractivity contribution in [2.45, 2.75) is 53.9 Å². The van der Waals surface area contributed by atoms with E-state index in [2.05, 4.69) is 57.8 Å². The molecule has 0 bridgehead atoms. The molecule has 0 saturated carbocycles. The van der Waals surface area contributed by atoms with Crippen LogP contribution in [0.25, 0.3) is 11.0 Å². The van der Waals surface area contributed by atoms with Gasteiger partial charge in [-0.25, -0.2) is 4.98 Å². The molecule has 2 rings (SSSR count). The molecule has 0 radical (unpaired) electrons. The van der Waals surface area contributed by atoms with Gasteiger partial charge in [0.1, 0.15) is 5.82 Å². The molecule has 1 atom stereocenters. The van der Waals surface area contributed by atoms with Crippen LogP contribution >= 0.6 is 0 Å². The minimum atomic E-state index is 0.390. The number of imidazole rings is 1. The fourth-order valence-electron chi connectivity index (χ4n) is 2.87. The van der Waals surface area contributed by atoms with E-state index in [0.717, 1.165) is 24.2 Å². The van der Waals surface area contributed by atoms with Crippen LogP contribution in [0.2, 0.25) is 0 Å². The largest absolute Gasteiger partial charge is 0.342 e. The molecule has 1 aromatic carbocycles. The Morgan fingerprint density at radius 1 is 1.26 bits per heavy atom. The quantitative estimate of drug-likeness (QED) is 0.843. The van der Waals surface area contributed by atoms with E-state index >= 15 is 0 Å². The first kappa shape index (κ1) is 14.1. The molecule has 1 unspecified atom stereocenters. The smallest absolute Gasteiger partial charge is 0.107 e. The molecular weight excluding hydrogens is 232 g/mol. The maximum atomic E-state index is 4.70. The molecule has 19 heavy (non-hydrogen) atoms. The predicted octanol–water partition coefficient (Wildman–Crippen LogP) is 4.74. The first-order chi connectivity index (χ1) is 8.87. The molecule has 0 amide bonds. The summed E-state index contributed by atoms with van der Waals surface area (Å²) < 4.78 is 0. The molecule has 0 saturated heterocycles. The van der Waals surface area contributed by atoms with Crippen LogP contribution in [0.5, 0.6) is 0 Å². The van der Waals surface area contributed by atoms with Crippen LogP contribution < -0.4 is 0 Å². The van der Waals surface area contributed by atoms with Crippen molar-refractivity contribution in [3.63, 3.8) is 0 Å². The molecule has 0 fully saturated rings. The maximum absolute atomic E-state index is 4.70. The topological polar surface area (TPSA) is 28.7 Å². The molecule has 1 heterocycles. The molecule has 0 aliphatic heterocycles. The Kier molecular flexibility index (Phi) is 3.98. The number of fused-ring (bicyclic) bond motifs is 1. The third-order valence-electron chi connectivity index (χ3n) is 3.51. The highest BCUT2D eigenvalue weighted by molar-refractivity contribution is 5.75. The summed E-state index contributed by atoms with van der Waals surface area (Å²) in [7, 11) is 0. The number of aromatic nitrogens is 2. The molecular formula is C17H26N2. The molecule has 0 aliphatic rings. The highest BCUT2D eigenvalue weighted by atomic mass is 14.9. The fraction of sp³-hybridized carbons (Fsp3) is 0.588. The number of rotatable bonds is 4. The number of aryl methyl sites for hydroxylation is 1. The number of nitrogens with zero attached hydrogens (tertiary/aromatic N) is 1. The highest BCUT2D eigenvalue weighted by Gasteiger charge is 2.16. The Hall–Kier alpha value is -1.31. The third kappa shape index (κ3) is 3.82. The summed E-state index contributed by atoms with van der Waals surface area (Å²) in [5.41, 5.74) is 4.03. The maximum Gasteiger partial charge on any atom is 0.107 e. The lowest BCUT2D eigenvalue weighted by molar-refractivity contribution is 0.304. The lowest BCUT2D eigenvalue weighted by Gasteiger charge is -2.22. The van der Waals surface area contributed by atoms with Gasteiger partial charge in [0.2, 0.25) is 0 Å². The minimum absolute atomic E-state index is 0.390. The Bertz CT molecular complexity index is 546. The number of hydrogen-bond donors (Lipinski definition) is 1. The summed E-state index contributed by atoms with van der Waals surface area (Å²) in [5, 5.41) is 0. The Balaban J connectivity index is 2.13. The number of benzene rings is 1. The molecule has 1 aromatic heterocycles. The number of aromatic amines is 1. The van der Waals surface area contributed by atoms with Gasteiger partial charge in [0.25, 0.3) is 0 Å². The van der Waals surface area contributed by atoms with Gasteiger partial charge in [-0.3, -0.25) is 0 Å². The summed E-state index contributed by atoms with van der Waals surface area (Å²) in [6.07, 6.45) is 3.34. The normalized spacial score (nSPS) is 13.9. The second-order valence-corrected chi connectivity index (χ2v) is 6.96. The van der Waals surface area contributed by atoms with Crippen molar-refractivity contribution in [2.24, 2.45) is 11.3 Å². The van der Waals surface area contributed by atoms with E-state index in [1.807, 2.05) is 0 Å². The van der Waals surface area contributed by atoms with Gasteiger partial charge in [-0.1, -0.05) is 40.7 Å². The summed E-state index contributed by atoms with van der Waals surface area (Å²) >= 11 is 0. The van der Waals surface area contributed by atoms with E-state index in [4.69, 9.17) is 4.98 Å². The van der Waals surface area contributed by atoms with Crippen LogP contribution in [-0.4, -0.2) is 9.97 Å². The lowest BCUT2D eigenvalue weighted by Crippen LogP contribution is -2.13.